The fourth-order valence-corrected chi connectivity index (χ4v) is 1.42. The molecular weight excluding hydrogens is 263 g/mol. The molecule has 0 aliphatic rings. The molecule has 0 radical (unpaired) electrons. The zero-order valence-electron chi connectivity index (χ0n) is 12.1. The van der Waals surface area contributed by atoms with Crippen molar-refractivity contribution in [3.05, 3.63) is 6.42 Å². The van der Waals surface area contributed by atoms with Crippen molar-refractivity contribution in [1.29, 1.82) is 0 Å². The molecule has 0 bridgehead atoms. The second-order valence-corrected chi connectivity index (χ2v) is 4.98. The van der Waals surface area contributed by atoms with Crippen LogP contribution in [-0.2, 0) is 10.4 Å². The van der Waals surface area contributed by atoms with Crippen molar-refractivity contribution < 1.29 is 47.1 Å². The number of hydrogen-bond acceptors (Lipinski definition) is 2. The summed E-state index contributed by atoms with van der Waals surface area (Å²) in [5, 5.41) is 0. The van der Waals surface area contributed by atoms with Crippen molar-refractivity contribution in [2.24, 2.45) is 0 Å². The van der Waals surface area contributed by atoms with Gasteiger partial charge < -0.3 is 6.42 Å². The van der Waals surface area contributed by atoms with Gasteiger partial charge >= 0.3 is 40.0 Å². The molecule has 0 aliphatic heterocycles. The summed E-state index contributed by atoms with van der Waals surface area (Å²) in [6.45, 7) is 4.52. The quantitative estimate of drug-likeness (QED) is 0.288. The van der Waals surface area contributed by atoms with E-state index in [0.717, 1.165) is 0 Å². The monoisotopic (exact) mass is 290 g/mol. The molecule has 0 saturated heterocycles. The zero-order chi connectivity index (χ0) is 13.6. The van der Waals surface area contributed by atoms with Crippen molar-refractivity contribution >= 4 is 10.4 Å². The van der Waals surface area contributed by atoms with E-state index in [-0.39, 0.29) is 29.6 Å². The zero-order valence-corrected chi connectivity index (χ0v) is 14.9. The molecule has 2 N–H and O–H groups in total. The van der Waals surface area contributed by atoms with Crippen LogP contribution in [-0.4, -0.2) is 17.5 Å². The van der Waals surface area contributed by atoms with E-state index in [4.69, 9.17) is 17.5 Å². The van der Waals surface area contributed by atoms with Crippen LogP contribution >= 0.6 is 0 Å². The van der Waals surface area contributed by atoms with Crippen molar-refractivity contribution in [2.45, 2.75) is 71.6 Å². The molecule has 0 atom stereocenters. The number of hydrogen-bond donors (Lipinski definition) is 2. The summed E-state index contributed by atoms with van der Waals surface area (Å²) < 4.78 is 31.6. The molecule has 0 aromatic carbocycles. The van der Waals surface area contributed by atoms with Crippen LogP contribution in [0.2, 0.25) is 0 Å². The van der Waals surface area contributed by atoms with Crippen LogP contribution in [0.15, 0.2) is 0 Å². The van der Waals surface area contributed by atoms with Crippen LogP contribution in [0.3, 0.4) is 0 Å². The predicted octanol–water partition coefficient (Wildman–Crippen LogP) is 1.09. The molecule has 0 amide bonds. The molecule has 0 unspecified atom stereocenters. The first-order valence-corrected chi connectivity index (χ1v) is 7.83. The first-order chi connectivity index (χ1) is 7.91. The van der Waals surface area contributed by atoms with Crippen LogP contribution in [0.25, 0.3) is 0 Å². The molecule has 0 fully saturated rings. The third kappa shape index (κ3) is 43.6. The Balaban J connectivity index is -0.000000321. The minimum atomic E-state index is -4.67. The Labute approximate surface area is 135 Å². The van der Waals surface area contributed by atoms with E-state index >= 15 is 0 Å². The van der Waals surface area contributed by atoms with Gasteiger partial charge in [0.25, 0.3) is 0 Å². The van der Waals surface area contributed by atoms with E-state index in [1.165, 1.54) is 57.8 Å². The molecular formula is C12H27NaO4S. The summed E-state index contributed by atoms with van der Waals surface area (Å²) in [4.78, 5) is 0. The maximum Gasteiger partial charge on any atom is 1.00 e. The topological polar surface area (TPSA) is 74.6 Å². The summed E-state index contributed by atoms with van der Waals surface area (Å²) in [5.74, 6) is 0. The van der Waals surface area contributed by atoms with Gasteiger partial charge in [-0.3, -0.25) is 9.11 Å². The Morgan fingerprint density at radius 2 is 1.28 bits per heavy atom. The van der Waals surface area contributed by atoms with E-state index in [0.29, 0.717) is 0 Å². The second-order valence-electron chi connectivity index (χ2n) is 4.08. The molecule has 0 aromatic rings. The van der Waals surface area contributed by atoms with Gasteiger partial charge in [-0.15, -0.1) is 0 Å². The first kappa shape index (κ1) is 23.9. The molecule has 0 aliphatic carbocycles. The molecule has 0 saturated carbocycles. The fraction of sp³-hybridized carbons (Fsp3) is 0.917. The molecule has 106 valence electrons. The van der Waals surface area contributed by atoms with E-state index in [1.807, 2.05) is 0 Å². The minimum absolute atomic E-state index is 0. The third-order valence-electron chi connectivity index (χ3n) is 2.25. The summed E-state index contributed by atoms with van der Waals surface area (Å²) >= 11 is 0. The van der Waals surface area contributed by atoms with Gasteiger partial charge in [0, 0.05) is 0 Å². The summed E-state index contributed by atoms with van der Waals surface area (Å²) in [6.07, 6.45) is 15.0. The first-order valence-electron chi connectivity index (χ1n) is 6.43. The molecule has 0 rings (SSSR count). The normalized spacial score (nSPS) is 10.2. The van der Waals surface area contributed by atoms with Gasteiger partial charge in [-0.2, -0.15) is 21.3 Å². The maximum absolute atomic E-state index is 8.74. The standard InChI is InChI=1S/C12H25.Na.H2O4S/c1-3-5-7-9-11-12-10-8-6-4-2;;1-5(2,3)4/h7H,3-6,8-12H2,1-2H3;;(H2,1,2,3,4)/q-1;+1;. The fourth-order valence-electron chi connectivity index (χ4n) is 1.42. The molecule has 6 heteroatoms. The average Bonchev–Trinajstić information content (AvgIpc) is 2.20. The largest absolute Gasteiger partial charge is 1.00 e. The Bertz CT molecular complexity index is 212. The van der Waals surface area contributed by atoms with Crippen LogP contribution in [0, 0.1) is 6.42 Å². The van der Waals surface area contributed by atoms with Crippen molar-refractivity contribution in [1.82, 2.24) is 0 Å². The van der Waals surface area contributed by atoms with Gasteiger partial charge in [0.05, 0.1) is 0 Å². The van der Waals surface area contributed by atoms with Crippen LogP contribution in [0.1, 0.15) is 71.6 Å². The van der Waals surface area contributed by atoms with Crippen molar-refractivity contribution in [3.63, 3.8) is 0 Å². The maximum atomic E-state index is 8.74. The Morgan fingerprint density at radius 1 is 0.833 bits per heavy atom. The minimum Gasteiger partial charge on any atom is -0.328 e. The molecule has 0 aromatic heterocycles. The van der Waals surface area contributed by atoms with Gasteiger partial charge in [0.2, 0.25) is 0 Å². The number of unbranched alkanes of at least 4 members (excludes halogenated alkanes) is 9. The van der Waals surface area contributed by atoms with Crippen molar-refractivity contribution in [3.8, 4) is 0 Å². The summed E-state index contributed by atoms with van der Waals surface area (Å²) in [5.41, 5.74) is 0. The Hall–Kier alpha value is 0.870. The van der Waals surface area contributed by atoms with Gasteiger partial charge in [-0.1, -0.05) is 58.8 Å². The summed E-state index contributed by atoms with van der Waals surface area (Å²) in [6, 6.07) is 0. The molecule has 0 spiro atoms. The average molecular weight is 290 g/mol. The Kier molecular flexibility index (Phi) is 23.8. The Morgan fingerprint density at radius 3 is 1.72 bits per heavy atom. The molecule has 4 nitrogen and oxygen atoms in total. The van der Waals surface area contributed by atoms with Gasteiger partial charge in [0.15, 0.2) is 0 Å². The summed E-state index contributed by atoms with van der Waals surface area (Å²) in [7, 11) is -4.67. The van der Waals surface area contributed by atoms with Crippen LogP contribution in [0.5, 0.6) is 0 Å². The molecule has 0 heterocycles. The van der Waals surface area contributed by atoms with E-state index in [9.17, 15) is 0 Å². The molecule has 18 heavy (non-hydrogen) atoms. The van der Waals surface area contributed by atoms with Crippen LogP contribution < -0.4 is 29.6 Å². The third-order valence-corrected chi connectivity index (χ3v) is 2.25. The van der Waals surface area contributed by atoms with Crippen molar-refractivity contribution in [2.75, 3.05) is 0 Å². The number of rotatable bonds is 9. The van der Waals surface area contributed by atoms with Gasteiger partial charge in [0.1, 0.15) is 0 Å². The van der Waals surface area contributed by atoms with E-state index in [1.54, 1.807) is 0 Å². The predicted molar refractivity (Wildman–Crippen MR) is 71.4 cm³/mol. The second kappa shape index (κ2) is 17.9. The smallest absolute Gasteiger partial charge is 0.328 e. The van der Waals surface area contributed by atoms with Gasteiger partial charge in [-0.25, -0.2) is 0 Å². The van der Waals surface area contributed by atoms with Gasteiger partial charge in [-0.05, 0) is 0 Å². The van der Waals surface area contributed by atoms with Crippen LogP contribution in [0.4, 0.5) is 0 Å². The van der Waals surface area contributed by atoms with E-state index < -0.39 is 10.4 Å². The SMILES string of the molecule is CCC[CH-]CCCCCCCC.O=S(=O)(O)O.[Na+]. The van der Waals surface area contributed by atoms with E-state index in [2.05, 4.69) is 20.3 Å².